The molecule has 3 unspecified atom stereocenters. The van der Waals surface area contributed by atoms with Gasteiger partial charge in [-0.15, -0.1) is 0 Å². The number of benzene rings is 1. The Kier molecular flexibility index (Phi) is 9.45. The van der Waals surface area contributed by atoms with Gasteiger partial charge in [0.2, 0.25) is 5.91 Å². The highest BCUT2D eigenvalue weighted by molar-refractivity contribution is 6.70. The number of hydrazine groups is 1. The first-order valence-corrected chi connectivity index (χ1v) is 11.0. The number of aliphatic imine (C=N–C) groups is 1. The minimum absolute atomic E-state index is 0.0331. The lowest BCUT2D eigenvalue weighted by atomic mass is 9.38. The van der Waals surface area contributed by atoms with E-state index >= 15 is 0 Å². The second-order valence-electron chi connectivity index (χ2n) is 8.62. The fraction of sp³-hybridized carbons (Fsp3) is 0.522. The molecule has 0 aliphatic carbocycles. The highest BCUT2D eigenvalue weighted by Gasteiger charge is 2.38. The van der Waals surface area contributed by atoms with Crippen molar-refractivity contribution in [3.05, 3.63) is 35.4 Å². The predicted octanol–water partition coefficient (Wildman–Crippen LogP) is 2.89. The number of rotatable bonds is 8. The van der Waals surface area contributed by atoms with Crippen molar-refractivity contribution in [3.8, 4) is 5.97 Å². The zero-order valence-electron chi connectivity index (χ0n) is 19.3. The summed E-state index contributed by atoms with van der Waals surface area (Å²) in [7, 11) is 1.67. The van der Waals surface area contributed by atoms with E-state index in [1.807, 2.05) is 6.92 Å². The molecular formula is C23H32BN5O3. The fourth-order valence-electron chi connectivity index (χ4n) is 4.25. The molecule has 1 saturated heterocycles. The van der Waals surface area contributed by atoms with Gasteiger partial charge in [0, 0.05) is 44.5 Å². The van der Waals surface area contributed by atoms with E-state index in [1.165, 1.54) is 11.8 Å². The lowest BCUT2D eigenvalue weighted by Gasteiger charge is -2.21. The molecule has 0 saturated carbocycles. The van der Waals surface area contributed by atoms with Crippen LogP contribution in [0.15, 0.2) is 29.3 Å². The van der Waals surface area contributed by atoms with Gasteiger partial charge in [-0.2, -0.15) is 0 Å². The molecule has 2 rings (SSSR count). The monoisotopic (exact) mass is 437 g/mol. The average Bonchev–Trinajstić information content (AvgIpc) is 3.13. The Hall–Kier alpha value is -3.15. The summed E-state index contributed by atoms with van der Waals surface area (Å²) in [5.41, 5.74) is 6.11. The quantitative estimate of drug-likeness (QED) is 0.213. The van der Waals surface area contributed by atoms with Gasteiger partial charge in [0.25, 0.3) is 12.6 Å². The summed E-state index contributed by atoms with van der Waals surface area (Å²) in [5, 5.41) is 9.47. The molecule has 1 heterocycles. The van der Waals surface area contributed by atoms with Gasteiger partial charge in [-0.05, 0) is 25.2 Å². The van der Waals surface area contributed by atoms with E-state index in [9.17, 15) is 19.6 Å². The van der Waals surface area contributed by atoms with Gasteiger partial charge in [0.15, 0.2) is 6.29 Å². The van der Waals surface area contributed by atoms with Gasteiger partial charge in [-0.3, -0.25) is 30.2 Å². The van der Waals surface area contributed by atoms with Crippen LogP contribution in [0.5, 0.6) is 0 Å². The van der Waals surface area contributed by atoms with E-state index in [0.717, 1.165) is 19.3 Å². The Morgan fingerprint density at radius 1 is 1.34 bits per heavy atom. The third kappa shape index (κ3) is 6.94. The second-order valence-corrected chi connectivity index (χ2v) is 8.62. The van der Waals surface area contributed by atoms with Crippen LogP contribution >= 0.6 is 0 Å². The number of aldehydes is 1. The Bertz CT molecular complexity index is 898. The van der Waals surface area contributed by atoms with Crippen molar-refractivity contribution in [1.29, 1.82) is 5.26 Å². The molecule has 2 amide bonds. The van der Waals surface area contributed by atoms with E-state index in [-0.39, 0.29) is 24.6 Å². The Morgan fingerprint density at radius 3 is 2.72 bits per heavy atom. The molecule has 1 aliphatic heterocycles. The molecule has 1 aromatic rings. The maximum Gasteiger partial charge on any atom is 0.273 e. The number of nitriles is 1. The van der Waals surface area contributed by atoms with Gasteiger partial charge >= 0.3 is 0 Å². The molecule has 2 N–H and O–H groups in total. The summed E-state index contributed by atoms with van der Waals surface area (Å²) >= 11 is 0. The predicted molar refractivity (Wildman–Crippen MR) is 126 cm³/mol. The summed E-state index contributed by atoms with van der Waals surface area (Å²) in [6.07, 6.45) is 3.97. The summed E-state index contributed by atoms with van der Waals surface area (Å²) < 4.78 is 0. The zero-order chi connectivity index (χ0) is 23.7. The van der Waals surface area contributed by atoms with Gasteiger partial charge in [-0.1, -0.05) is 43.8 Å². The van der Waals surface area contributed by atoms with E-state index < -0.39 is 0 Å². The second kappa shape index (κ2) is 12.0. The highest BCUT2D eigenvalue weighted by Crippen LogP contribution is 2.41. The van der Waals surface area contributed by atoms with Gasteiger partial charge in [-0.25, -0.2) is 5.26 Å². The van der Waals surface area contributed by atoms with E-state index in [0.29, 0.717) is 47.8 Å². The van der Waals surface area contributed by atoms with Crippen LogP contribution < -0.4 is 10.9 Å². The largest absolute Gasteiger partial charge is 0.341 e. The summed E-state index contributed by atoms with van der Waals surface area (Å²) in [5.74, 6) is 3.24. The van der Waals surface area contributed by atoms with Crippen molar-refractivity contribution in [3.63, 3.8) is 0 Å². The molecule has 9 heteroatoms. The van der Waals surface area contributed by atoms with E-state index in [2.05, 4.69) is 23.7 Å². The van der Waals surface area contributed by atoms with Gasteiger partial charge < -0.3 is 4.90 Å². The number of hydrogen-bond acceptors (Lipinski definition) is 5. The Labute approximate surface area is 190 Å². The van der Waals surface area contributed by atoms with Crippen LogP contribution in [-0.2, 0) is 4.79 Å². The topological polar surface area (TPSA) is 115 Å². The number of amides is 2. The van der Waals surface area contributed by atoms with Gasteiger partial charge in [0.05, 0.1) is 5.56 Å². The summed E-state index contributed by atoms with van der Waals surface area (Å²) in [6.45, 7) is 5.94. The number of amidine groups is 1. The lowest BCUT2D eigenvalue weighted by Crippen LogP contribution is -2.42. The van der Waals surface area contributed by atoms with Crippen LogP contribution in [0.25, 0.3) is 0 Å². The number of carbonyl (C=O) groups is 3. The number of carbonyl (C=O) groups excluding carboxylic acids is 3. The van der Waals surface area contributed by atoms with Crippen LogP contribution in [0.2, 0.25) is 11.6 Å². The Morgan fingerprint density at radius 2 is 2.06 bits per heavy atom. The maximum atomic E-state index is 12.8. The zero-order valence-corrected chi connectivity index (χ0v) is 19.3. The molecule has 8 nitrogen and oxygen atoms in total. The maximum absolute atomic E-state index is 12.8. The summed E-state index contributed by atoms with van der Waals surface area (Å²) in [6, 6.07) is 6.64. The van der Waals surface area contributed by atoms with E-state index in [1.54, 1.807) is 31.3 Å². The summed E-state index contributed by atoms with van der Waals surface area (Å²) in [4.78, 5) is 41.6. The first kappa shape index (κ1) is 25.1. The van der Waals surface area contributed by atoms with Crippen molar-refractivity contribution in [2.24, 2.45) is 4.99 Å². The van der Waals surface area contributed by atoms with Crippen molar-refractivity contribution in [2.75, 3.05) is 13.6 Å². The molecule has 32 heavy (non-hydrogen) atoms. The Balaban J connectivity index is 2.04. The smallest absolute Gasteiger partial charge is 0.273 e. The third-order valence-electron chi connectivity index (χ3n) is 6.01. The SMILES string of the molecule is CC(=O)NNC(CCN(C)C(=O)c1ccccc1C=O)=NC(C)CC1CCC(C)B1C#N. The number of nitrogens with zero attached hydrogens (tertiary/aromatic N) is 3. The van der Waals surface area contributed by atoms with Crippen molar-refractivity contribution >= 4 is 30.6 Å². The molecule has 0 radical (unpaired) electrons. The number of nitrogens with one attached hydrogen (secondary N) is 2. The molecule has 1 aliphatic rings. The van der Waals surface area contributed by atoms with Crippen LogP contribution in [-0.4, -0.2) is 55.2 Å². The standard InChI is InChI=1S/C23H32BN5O3/c1-16-9-10-20(24(16)15-25)13-17(2)26-22(28-27-18(3)31)11-12-29(4)23(32)21-8-6-5-7-19(21)14-30/h5-8,14,16-17,20H,9-13H2,1-4H3,(H,26,28)(H,27,31). The molecule has 1 aromatic carbocycles. The molecule has 0 bridgehead atoms. The van der Waals surface area contributed by atoms with Crippen molar-refractivity contribution in [1.82, 2.24) is 15.8 Å². The highest BCUT2D eigenvalue weighted by atomic mass is 16.2. The molecule has 0 spiro atoms. The molecule has 170 valence electrons. The van der Waals surface area contributed by atoms with E-state index in [4.69, 9.17) is 4.99 Å². The van der Waals surface area contributed by atoms with Crippen LogP contribution in [0.4, 0.5) is 0 Å². The molecule has 0 aromatic heterocycles. The molecule has 1 fully saturated rings. The van der Waals surface area contributed by atoms with Crippen LogP contribution in [0.3, 0.4) is 0 Å². The normalized spacial score (nSPS) is 19.1. The first-order valence-electron chi connectivity index (χ1n) is 11.0. The third-order valence-corrected chi connectivity index (χ3v) is 6.01. The molecule has 3 atom stereocenters. The fourth-order valence-corrected chi connectivity index (χ4v) is 4.25. The minimum atomic E-state index is -0.253. The minimum Gasteiger partial charge on any atom is -0.341 e. The lowest BCUT2D eigenvalue weighted by molar-refractivity contribution is -0.119. The molecular weight excluding hydrogens is 405 g/mol. The average molecular weight is 437 g/mol. The van der Waals surface area contributed by atoms with Crippen LogP contribution in [0.1, 0.15) is 67.2 Å². The first-order chi connectivity index (χ1) is 15.3. The van der Waals surface area contributed by atoms with Crippen LogP contribution in [0, 0.1) is 11.2 Å². The van der Waals surface area contributed by atoms with Crippen molar-refractivity contribution in [2.45, 2.75) is 64.1 Å². The number of hydrogen-bond donors (Lipinski definition) is 2. The van der Waals surface area contributed by atoms with Gasteiger partial charge in [0.1, 0.15) is 5.84 Å². The van der Waals surface area contributed by atoms with Crippen molar-refractivity contribution < 1.29 is 14.4 Å².